The van der Waals surface area contributed by atoms with Crippen LogP contribution in [0.2, 0.25) is 0 Å². The highest BCUT2D eigenvalue weighted by molar-refractivity contribution is 5.79. The first kappa shape index (κ1) is 11.9. The van der Waals surface area contributed by atoms with E-state index in [1.165, 1.54) is 12.8 Å². The minimum absolute atomic E-state index is 0.521. The third-order valence-corrected chi connectivity index (χ3v) is 4.34. The summed E-state index contributed by atoms with van der Waals surface area (Å²) in [5.74, 6) is 0.0770. The van der Waals surface area contributed by atoms with E-state index in [2.05, 4.69) is 11.8 Å². The highest BCUT2D eigenvalue weighted by atomic mass is 16.4. The van der Waals surface area contributed by atoms with Crippen molar-refractivity contribution in [2.75, 3.05) is 13.1 Å². The molecule has 1 saturated heterocycles. The van der Waals surface area contributed by atoms with Crippen LogP contribution in [0.3, 0.4) is 0 Å². The maximum Gasteiger partial charge on any atom is 0.324 e. The molecule has 0 aromatic carbocycles. The van der Waals surface area contributed by atoms with Gasteiger partial charge in [-0.3, -0.25) is 9.69 Å². The molecule has 1 N–H and O–H groups in total. The molecule has 92 valence electrons. The summed E-state index contributed by atoms with van der Waals surface area (Å²) in [5, 5.41) is 9.59. The summed E-state index contributed by atoms with van der Waals surface area (Å²) >= 11 is 0. The lowest BCUT2D eigenvalue weighted by molar-refractivity contribution is -0.156. The Bertz CT molecular complexity index is 259. The zero-order valence-corrected chi connectivity index (χ0v) is 10.2. The monoisotopic (exact) mass is 225 g/mol. The maximum absolute atomic E-state index is 11.6. The second kappa shape index (κ2) is 4.74. The fourth-order valence-electron chi connectivity index (χ4n) is 3.38. The number of likely N-dealkylation sites (tertiary alicyclic amines) is 1. The lowest BCUT2D eigenvalue weighted by atomic mass is 9.78. The standard InChI is InChI=1S/C13H23NO2/c1-11-6-5-9-14(10-11)13(12(15)16)7-3-2-4-8-13/h11H,2-10H2,1H3,(H,15,16). The number of piperidine rings is 1. The number of nitrogens with zero attached hydrogens (tertiary/aromatic N) is 1. The second-order valence-electron chi connectivity index (χ2n) is 5.59. The van der Waals surface area contributed by atoms with Crippen molar-refractivity contribution in [3.05, 3.63) is 0 Å². The topological polar surface area (TPSA) is 40.5 Å². The van der Waals surface area contributed by atoms with Crippen LogP contribution in [0, 0.1) is 5.92 Å². The predicted octanol–water partition coefficient (Wildman–Crippen LogP) is 2.51. The van der Waals surface area contributed by atoms with Crippen LogP contribution >= 0.6 is 0 Å². The van der Waals surface area contributed by atoms with E-state index in [0.717, 1.165) is 45.2 Å². The van der Waals surface area contributed by atoms with Gasteiger partial charge in [0, 0.05) is 6.54 Å². The summed E-state index contributed by atoms with van der Waals surface area (Å²) in [6, 6.07) is 0. The molecule has 0 spiro atoms. The van der Waals surface area contributed by atoms with Crippen LogP contribution in [0.15, 0.2) is 0 Å². The fourth-order valence-corrected chi connectivity index (χ4v) is 3.38. The molecule has 0 aromatic heterocycles. The van der Waals surface area contributed by atoms with Crippen molar-refractivity contribution < 1.29 is 9.90 Å². The molecule has 1 heterocycles. The first-order chi connectivity index (χ1) is 7.65. The van der Waals surface area contributed by atoms with Crippen LogP contribution in [-0.4, -0.2) is 34.6 Å². The van der Waals surface area contributed by atoms with Gasteiger partial charge in [-0.05, 0) is 38.1 Å². The Morgan fingerprint density at radius 2 is 1.94 bits per heavy atom. The van der Waals surface area contributed by atoms with Crippen molar-refractivity contribution in [1.82, 2.24) is 4.90 Å². The first-order valence-electron chi connectivity index (χ1n) is 6.63. The highest BCUT2D eigenvalue weighted by Gasteiger charge is 2.45. The predicted molar refractivity (Wildman–Crippen MR) is 63.4 cm³/mol. The van der Waals surface area contributed by atoms with Gasteiger partial charge < -0.3 is 5.11 Å². The molecule has 16 heavy (non-hydrogen) atoms. The molecular weight excluding hydrogens is 202 g/mol. The van der Waals surface area contributed by atoms with Gasteiger partial charge in [-0.25, -0.2) is 0 Å². The molecule has 1 aliphatic carbocycles. The number of aliphatic carboxylic acids is 1. The summed E-state index contributed by atoms with van der Waals surface area (Å²) in [6.45, 7) is 4.20. The lowest BCUT2D eigenvalue weighted by Crippen LogP contribution is -2.58. The molecule has 1 saturated carbocycles. The summed E-state index contributed by atoms with van der Waals surface area (Å²) in [6.07, 6.45) is 7.50. The van der Waals surface area contributed by atoms with Gasteiger partial charge in [-0.2, -0.15) is 0 Å². The molecule has 3 heteroatoms. The van der Waals surface area contributed by atoms with Gasteiger partial charge in [0.15, 0.2) is 0 Å². The van der Waals surface area contributed by atoms with Crippen LogP contribution in [0.25, 0.3) is 0 Å². The van der Waals surface area contributed by atoms with Crippen molar-refractivity contribution in [3.63, 3.8) is 0 Å². The Kier molecular flexibility index (Phi) is 3.53. The molecule has 1 aliphatic heterocycles. The van der Waals surface area contributed by atoms with E-state index in [4.69, 9.17) is 0 Å². The normalized spacial score (nSPS) is 31.2. The molecule has 0 amide bonds. The van der Waals surface area contributed by atoms with Crippen molar-refractivity contribution in [1.29, 1.82) is 0 Å². The smallest absolute Gasteiger partial charge is 0.324 e. The molecule has 3 nitrogen and oxygen atoms in total. The molecule has 1 unspecified atom stereocenters. The number of carboxylic acids is 1. The van der Waals surface area contributed by atoms with Gasteiger partial charge in [0.25, 0.3) is 0 Å². The third kappa shape index (κ3) is 2.10. The summed E-state index contributed by atoms with van der Waals surface area (Å²) in [5.41, 5.74) is -0.521. The highest BCUT2D eigenvalue weighted by Crippen LogP contribution is 2.36. The minimum atomic E-state index is -0.582. The lowest BCUT2D eigenvalue weighted by Gasteiger charge is -2.46. The summed E-state index contributed by atoms with van der Waals surface area (Å²) < 4.78 is 0. The van der Waals surface area contributed by atoms with Crippen molar-refractivity contribution in [2.45, 2.75) is 57.4 Å². The number of rotatable bonds is 2. The molecule has 0 radical (unpaired) electrons. The van der Waals surface area contributed by atoms with Gasteiger partial charge in [-0.1, -0.05) is 26.2 Å². The van der Waals surface area contributed by atoms with Crippen LogP contribution < -0.4 is 0 Å². The van der Waals surface area contributed by atoms with Gasteiger partial charge in [0.05, 0.1) is 0 Å². The zero-order chi connectivity index (χ0) is 11.6. The van der Waals surface area contributed by atoms with E-state index in [9.17, 15) is 9.90 Å². The quantitative estimate of drug-likeness (QED) is 0.785. The molecule has 2 fully saturated rings. The Hall–Kier alpha value is -0.570. The van der Waals surface area contributed by atoms with Crippen LogP contribution in [0.4, 0.5) is 0 Å². The van der Waals surface area contributed by atoms with Gasteiger partial charge in [0.1, 0.15) is 5.54 Å². The molecule has 1 atom stereocenters. The van der Waals surface area contributed by atoms with Gasteiger partial charge in [-0.15, -0.1) is 0 Å². The van der Waals surface area contributed by atoms with Crippen LogP contribution in [0.5, 0.6) is 0 Å². The van der Waals surface area contributed by atoms with E-state index >= 15 is 0 Å². The first-order valence-corrected chi connectivity index (χ1v) is 6.63. The Balaban J connectivity index is 2.14. The van der Waals surface area contributed by atoms with Crippen LogP contribution in [0.1, 0.15) is 51.9 Å². The Labute approximate surface area is 97.8 Å². The third-order valence-electron chi connectivity index (χ3n) is 4.34. The minimum Gasteiger partial charge on any atom is -0.480 e. The number of carboxylic acid groups (broad SMARTS) is 1. The van der Waals surface area contributed by atoms with Crippen molar-refractivity contribution in [3.8, 4) is 0 Å². The van der Waals surface area contributed by atoms with E-state index in [1.54, 1.807) is 0 Å². The van der Waals surface area contributed by atoms with E-state index in [1.807, 2.05) is 0 Å². The van der Waals surface area contributed by atoms with E-state index in [-0.39, 0.29) is 0 Å². The molecular formula is C13H23NO2. The number of carbonyl (C=O) groups is 1. The summed E-state index contributed by atoms with van der Waals surface area (Å²) in [4.78, 5) is 13.9. The molecule has 2 rings (SSSR count). The largest absolute Gasteiger partial charge is 0.480 e. The fraction of sp³-hybridized carbons (Fsp3) is 0.923. The maximum atomic E-state index is 11.6. The second-order valence-corrected chi connectivity index (χ2v) is 5.59. The Morgan fingerprint density at radius 1 is 1.25 bits per heavy atom. The average Bonchev–Trinajstić information content (AvgIpc) is 2.30. The average molecular weight is 225 g/mol. The van der Waals surface area contributed by atoms with Crippen LogP contribution in [-0.2, 0) is 4.79 Å². The van der Waals surface area contributed by atoms with E-state index in [0.29, 0.717) is 5.92 Å². The Morgan fingerprint density at radius 3 is 2.50 bits per heavy atom. The van der Waals surface area contributed by atoms with Crippen molar-refractivity contribution >= 4 is 5.97 Å². The molecule has 2 aliphatic rings. The number of hydrogen-bond acceptors (Lipinski definition) is 2. The van der Waals surface area contributed by atoms with E-state index < -0.39 is 11.5 Å². The number of hydrogen-bond donors (Lipinski definition) is 1. The summed E-state index contributed by atoms with van der Waals surface area (Å²) in [7, 11) is 0. The zero-order valence-electron chi connectivity index (χ0n) is 10.2. The van der Waals surface area contributed by atoms with Crippen molar-refractivity contribution in [2.24, 2.45) is 5.92 Å². The van der Waals surface area contributed by atoms with Gasteiger partial charge >= 0.3 is 5.97 Å². The molecule has 0 bridgehead atoms. The molecule has 0 aromatic rings. The van der Waals surface area contributed by atoms with Gasteiger partial charge in [0.2, 0.25) is 0 Å². The SMILES string of the molecule is CC1CCCN(C2(C(=O)O)CCCCC2)C1.